The normalized spacial score (nSPS) is 12.3. The van der Waals surface area contributed by atoms with E-state index in [1.165, 1.54) is 13.2 Å². The van der Waals surface area contributed by atoms with Crippen LogP contribution in [0.25, 0.3) is 5.65 Å². The van der Waals surface area contributed by atoms with Gasteiger partial charge in [0.15, 0.2) is 23.2 Å². The highest BCUT2D eigenvalue weighted by Crippen LogP contribution is 2.21. The minimum absolute atomic E-state index is 0. The van der Waals surface area contributed by atoms with Crippen LogP contribution in [0.4, 0.5) is 4.39 Å². The van der Waals surface area contributed by atoms with E-state index in [0.29, 0.717) is 5.96 Å². The molecule has 0 fully saturated rings. The Hall–Kier alpha value is -2.43. The first-order chi connectivity index (χ1) is 13.6. The number of benzene rings is 1. The van der Waals surface area contributed by atoms with Gasteiger partial charge >= 0.3 is 0 Å². The first kappa shape index (κ1) is 22.9. The summed E-state index contributed by atoms with van der Waals surface area (Å²) >= 11 is 0. The fourth-order valence-corrected chi connectivity index (χ4v) is 2.95. The lowest BCUT2D eigenvalue weighted by Gasteiger charge is -2.18. The summed E-state index contributed by atoms with van der Waals surface area (Å²) in [5.74, 6) is 1.45. The third-order valence-electron chi connectivity index (χ3n) is 4.51. The molecule has 0 aliphatic carbocycles. The van der Waals surface area contributed by atoms with Gasteiger partial charge in [-0.25, -0.2) is 4.39 Å². The largest absolute Gasteiger partial charge is 0.494 e. The number of aryl methyl sites for hydroxylation is 1. The molecule has 0 aliphatic heterocycles. The molecule has 29 heavy (non-hydrogen) atoms. The van der Waals surface area contributed by atoms with Crippen LogP contribution in [0.2, 0.25) is 0 Å². The number of ether oxygens (including phenoxy) is 1. The van der Waals surface area contributed by atoms with Gasteiger partial charge in [0.25, 0.3) is 0 Å². The van der Waals surface area contributed by atoms with Crippen LogP contribution >= 0.6 is 24.0 Å². The van der Waals surface area contributed by atoms with E-state index in [1.807, 2.05) is 41.8 Å². The van der Waals surface area contributed by atoms with Crippen LogP contribution in [-0.4, -0.2) is 41.3 Å². The summed E-state index contributed by atoms with van der Waals surface area (Å²) in [4.78, 5) is 4.24. The summed E-state index contributed by atoms with van der Waals surface area (Å²) < 4.78 is 20.9. The van der Waals surface area contributed by atoms with Gasteiger partial charge in [-0.2, -0.15) is 0 Å². The van der Waals surface area contributed by atoms with Gasteiger partial charge in [0.2, 0.25) is 0 Å². The fourth-order valence-electron chi connectivity index (χ4n) is 2.95. The van der Waals surface area contributed by atoms with Crippen molar-refractivity contribution in [2.45, 2.75) is 25.8 Å². The standard InChI is InChI=1S/C20H25FN6O.HI/c1-14(15-9-10-17(28-3)16(21)13-15)24-20(22-2)23-11-6-8-19-26-25-18-7-4-5-12-27(18)19;/h4-5,7,9-10,12-14H,6,8,11H2,1-3H3,(H2,22,23,24);1H. The molecule has 2 heterocycles. The number of rotatable bonds is 7. The Morgan fingerprint density at radius 2 is 2.10 bits per heavy atom. The number of aromatic nitrogens is 3. The molecule has 0 saturated heterocycles. The Morgan fingerprint density at radius 1 is 1.28 bits per heavy atom. The zero-order chi connectivity index (χ0) is 19.9. The van der Waals surface area contributed by atoms with Crippen molar-refractivity contribution in [3.8, 4) is 5.75 Å². The highest BCUT2D eigenvalue weighted by molar-refractivity contribution is 14.0. The van der Waals surface area contributed by atoms with Crippen LogP contribution in [0, 0.1) is 5.82 Å². The maximum Gasteiger partial charge on any atom is 0.191 e. The Kier molecular flexibility index (Phi) is 8.62. The predicted octanol–water partition coefficient (Wildman–Crippen LogP) is 3.35. The lowest BCUT2D eigenvalue weighted by atomic mass is 10.1. The molecule has 0 aliphatic rings. The zero-order valence-corrected chi connectivity index (χ0v) is 19.1. The van der Waals surface area contributed by atoms with E-state index in [1.54, 1.807) is 13.1 Å². The van der Waals surface area contributed by atoms with E-state index in [2.05, 4.69) is 25.8 Å². The van der Waals surface area contributed by atoms with Crippen LogP contribution in [0.5, 0.6) is 5.75 Å². The maximum atomic E-state index is 13.9. The van der Waals surface area contributed by atoms with E-state index in [-0.39, 0.29) is 41.6 Å². The highest BCUT2D eigenvalue weighted by atomic mass is 127. The lowest BCUT2D eigenvalue weighted by Crippen LogP contribution is -2.39. The van der Waals surface area contributed by atoms with Gasteiger partial charge in [-0.05, 0) is 43.2 Å². The van der Waals surface area contributed by atoms with E-state index < -0.39 is 0 Å². The van der Waals surface area contributed by atoms with Crippen molar-refractivity contribution in [1.82, 2.24) is 25.2 Å². The van der Waals surface area contributed by atoms with Crippen LogP contribution in [0.3, 0.4) is 0 Å². The Balaban J connectivity index is 0.00000300. The third-order valence-corrected chi connectivity index (χ3v) is 4.51. The molecule has 1 unspecified atom stereocenters. The SMILES string of the molecule is CN=C(NCCCc1nnc2ccccn12)NC(C)c1ccc(OC)c(F)c1.I. The van der Waals surface area contributed by atoms with Gasteiger partial charge < -0.3 is 15.4 Å². The number of halogens is 2. The molecular formula is C20H26FIN6O. The van der Waals surface area contributed by atoms with Crippen LogP contribution < -0.4 is 15.4 Å². The van der Waals surface area contributed by atoms with Crippen molar-refractivity contribution >= 4 is 35.6 Å². The van der Waals surface area contributed by atoms with Gasteiger partial charge in [-0.3, -0.25) is 9.39 Å². The first-order valence-corrected chi connectivity index (χ1v) is 9.21. The van der Waals surface area contributed by atoms with E-state index in [4.69, 9.17) is 4.74 Å². The van der Waals surface area contributed by atoms with Gasteiger partial charge in [-0.1, -0.05) is 12.1 Å². The molecule has 0 bridgehead atoms. The number of hydrogen-bond acceptors (Lipinski definition) is 4. The second-order valence-electron chi connectivity index (χ2n) is 6.41. The first-order valence-electron chi connectivity index (χ1n) is 9.21. The van der Waals surface area contributed by atoms with Gasteiger partial charge in [0, 0.05) is 26.2 Å². The van der Waals surface area contributed by atoms with E-state index in [0.717, 1.165) is 36.4 Å². The molecule has 0 amide bonds. The number of methoxy groups -OCH3 is 1. The number of aliphatic imine (C=N–C) groups is 1. The Bertz CT molecular complexity index is 961. The summed E-state index contributed by atoms with van der Waals surface area (Å²) in [6.07, 6.45) is 3.64. The molecule has 1 aromatic carbocycles. The van der Waals surface area contributed by atoms with Crippen molar-refractivity contribution in [2.24, 2.45) is 4.99 Å². The topological polar surface area (TPSA) is 75.8 Å². The van der Waals surface area contributed by atoms with Crippen LogP contribution in [0.1, 0.15) is 30.8 Å². The molecule has 9 heteroatoms. The summed E-state index contributed by atoms with van der Waals surface area (Å²) in [5, 5.41) is 14.9. The molecule has 156 valence electrons. The van der Waals surface area contributed by atoms with Crippen molar-refractivity contribution in [2.75, 3.05) is 20.7 Å². The summed E-state index contributed by atoms with van der Waals surface area (Å²) in [6, 6.07) is 10.7. The number of nitrogens with zero attached hydrogens (tertiary/aromatic N) is 4. The number of hydrogen-bond donors (Lipinski definition) is 2. The molecule has 1 atom stereocenters. The molecule has 3 aromatic rings. The smallest absolute Gasteiger partial charge is 0.191 e. The van der Waals surface area contributed by atoms with Crippen LogP contribution in [0.15, 0.2) is 47.6 Å². The van der Waals surface area contributed by atoms with Gasteiger partial charge in [0.05, 0.1) is 13.2 Å². The van der Waals surface area contributed by atoms with Gasteiger partial charge in [-0.15, -0.1) is 34.2 Å². The molecule has 2 aromatic heterocycles. The molecule has 2 N–H and O–H groups in total. The quantitative estimate of drug-likeness (QED) is 0.220. The van der Waals surface area contributed by atoms with Crippen molar-refractivity contribution in [1.29, 1.82) is 0 Å². The minimum Gasteiger partial charge on any atom is -0.494 e. The second-order valence-corrected chi connectivity index (χ2v) is 6.41. The molecule has 0 radical (unpaired) electrons. The number of guanidine groups is 1. The summed E-state index contributed by atoms with van der Waals surface area (Å²) in [5.41, 5.74) is 1.67. The van der Waals surface area contributed by atoms with Crippen molar-refractivity contribution in [3.63, 3.8) is 0 Å². The number of fused-ring (bicyclic) bond motifs is 1. The molecular weight excluding hydrogens is 486 g/mol. The monoisotopic (exact) mass is 512 g/mol. The predicted molar refractivity (Wildman–Crippen MR) is 123 cm³/mol. The molecule has 7 nitrogen and oxygen atoms in total. The fraction of sp³-hybridized carbons (Fsp3) is 0.350. The van der Waals surface area contributed by atoms with E-state index >= 15 is 0 Å². The zero-order valence-electron chi connectivity index (χ0n) is 16.7. The minimum atomic E-state index is -0.378. The lowest BCUT2D eigenvalue weighted by molar-refractivity contribution is 0.386. The number of nitrogens with one attached hydrogen (secondary N) is 2. The van der Waals surface area contributed by atoms with Crippen molar-refractivity contribution < 1.29 is 9.13 Å². The van der Waals surface area contributed by atoms with Crippen molar-refractivity contribution in [3.05, 3.63) is 59.8 Å². The van der Waals surface area contributed by atoms with Crippen LogP contribution in [-0.2, 0) is 6.42 Å². The average Bonchev–Trinajstić information content (AvgIpc) is 3.13. The molecule has 0 spiro atoms. The highest BCUT2D eigenvalue weighted by Gasteiger charge is 2.11. The number of pyridine rings is 1. The van der Waals surface area contributed by atoms with E-state index in [9.17, 15) is 4.39 Å². The Morgan fingerprint density at radius 3 is 2.83 bits per heavy atom. The maximum absolute atomic E-state index is 13.9. The summed E-state index contributed by atoms with van der Waals surface area (Å²) in [7, 11) is 3.16. The molecule has 3 rings (SSSR count). The third kappa shape index (κ3) is 5.78. The second kappa shape index (κ2) is 10.9. The molecule has 0 saturated carbocycles. The van der Waals surface area contributed by atoms with Gasteiger partial charge in [0.1, 0.15) is 5.82 Å². The Labute approximate surface area is 186 Å². The summed E-state index contributed by atoms with van der Waals surface area (Å²) in [6.45, 7) is 2.68. The average molecular weight is 512 g/mol.